The number of benzene rings is 2. The molecule has 1 N–H and O–H groups in total. The fourth-order valence-electron chi connectivity index (χ4n) is 2.19. The summed E-state index contributed by atoms with van der Waals surface area (Å²) in [6.45, 7) is 2.58. The normalized spacial score (nSPS) is 10.2. The zero-order valence-electron chi connectivity index (χ0n) is 12.2. The lowest BCUT2D eigenvalue weighted by molar-refractivity contribution is 0.573. The number of rotatable bonds is 4. The molecule has 3 aromatic rings. The van der Waals surface area contributed by atoms with Gasteiger partial charge in [0.15, 0.2) is 0 Å². The van der Waals surface area contributed by atoms with Crippen molar-refractivity contribution in [2.75, 3.05) is 5.32 Å². The van der Waals surface area contributed by atoms with E-state index in [9.17, 15) is 0 Å². The van der Waals surface area contributed by atoms with Crippen molar-refractivity contribution >= 4 is 5.69 Å². The van der Waals surface area contributed by atoms with Crippen LogP contribution in [0.15, 0.2) is 59.2 Å². The Bertz CT molecular complexity index is 830. The molecule has 22 heavy (non-hydrogen) atoms. The van der Waals surface area contributed by atoms with E-state index in [1.807, 2.05) is 49.4 Å². The van der Waals surface area contributed by atoms with Crippen LogP contribution in [0.2, 0.25) is 0 Å². The first-order valence-electron chi connectivity index (χ1n) is 7.00. The van der Waals surface area contributed by atoms with E-state index in [-0.39, 0.29) is 0 Å². The molecule has 2 aromatic carbocycles. The van der Waals surface area contributed by atoms with Crippen LogP contribution in [0.4, 0.5) is 5.69 Å². The molecule has 4 heteroatoms. The Morgan fingerprint density at radius 2 is 2.05 bits per heavy atom. The first kappa shape index (κ1) is 13.9. The van der Waals surface area contributed by atoms with Gasteiger partial charge in [0.1, 0.15) is 6.26 Å². The summed E-state index contributed by atoms with van der Waals surface area (Å²) < 4.78 is 5.54. The number of aryl methyl sites for hydroxylation is 1. The standard InChI is InChI=1S/C18H15N3O/c1-13-4-2-6-15(8-13)18-21-17(12-22-18)11-20-16-7-3-5-14(9-16)10-19/h2-9,12,20H,11H2,1H3. The maximum atomic E-state index is 8.89. The average molecular weight is 289 g/mol. The van der Waals surface area contributed by atoms with E-state index in [4.69, 9.17) is 9.68 Å². The quantitative estimate of drug-likeness (QED) is 0.784. The van der Waals surface area contributed by atoms with Gasteiger partial charge in [0.05, 0.1) is 23.9 Å². The Labute approximate surface area is 129 Å². The number of nitrogens with one attached hydrogen (secondary N) is 1. The minimum Gasteiger partial charge on any atom is -0.444 e. The van der Waals surface area contributed by atoms with E-state index in [0.717, 1.165) is 16.9 Å². The van der Waals surface area contributed by atoms with Crippen molar-refractivity contribution in [2.45, 2.75) is 13.5 Å². The summed E-state index contributed by atoms with van der Waals surface area (Å²) in [5.74, 6) is 0.617. The van der Waals surface area contributed by atoms with Gasteiger partial charge in [-0.2, -0.15) is 5.26 Å². The minimum atomic E-state index is 0.546. The molecule has 0 fully saturated rings. The zero-order chi connectivity index (χ0) is 15.4. The van der Waals surface area contributed by atoms with Crippen molar-refractivity contribution < 1.29 is 4.42 Å². The molecule has 0 bridgehead atoms. The highest BCUT2D eigenvalue weighted by Gasteiger charge is 2.06. The predicted molar refractivity (Wildman–Crippen MR) is 85.2 cm³/mol. The zero-order valence-corrected chi connectivity index (χ0v) is 12.2. The highest BCUT2D eigenvalue weighted by molar-refractivity contribution is 5.54. The number of hydrogen-bond acceptors (Lipinski definition) is 4. The number of nitriles is 1. The van der Waals surface area contributed by atoms with Crippen molar-refractivity contribution in [1.82, 2.24) is 4.98 Å². The molecule has 0 saturated carbocycles. The van der Waals surface area contributed by atoms with Crippen LogP contribution < -0.4 is 5.32 Å². The number of oxazole rings is 1. The Kier molecular flexibility index (Phi) is 3.88. The maximum absolute atomic E-state index is 8.89. The van der Waals surface area contributed by atoms with E-state index in [1.54, 1.807) is 12.3 Å². The molecule has 0 atom stereocenters. The molecule has 0 amide bonds. The third-order valence-electron chi connectivity index (χ3n) is 3.28. The lowest BCUT2D eigenvalue weighted by Gasteiger charge is -2.03. The molecule has 3 rings (SSSR count). The molecule has 0 aliphatic carbocycles. The topological polar surface area (TPSA) is 61.9 Å². The summed E-state index contributed by atoms with van der Waals surface area (Å²) in [4.78, 5) is 4.49. The smallest absolute Gasteiger partial charge is 0.226 e. The summed E-state index contributed by atoms with van der Waals surface area (Å²) in [7, 11) is 0. The van der Waals surface area contributed by atoms with E-state index >= 15 is 0 Å². The molecule has 0 radical (unpaired) electrons. The van der Waals surface area contributed by atoms with Crippen molar-refractivity contribution in [1.29, 1.82) is 5.26 Å². The maximum Gasteiger partial charge on any atom is 0.226 e. The van der Waals surface area contributed by atoms with Gasteiger partial charge in [0, 0.05) is 11.3 Å². The molecule has 0 aliphatic rings. The second-order valence-electron chi connectivity index (χ2n) is 5.06. The van der Waals surface area contributed by atoms with Gasteiger partial charge in [-0.05, 0) is 37.3 Å². The Balaban J connectivity index is 1.71. The van der Waals surface area contributed by atoms with Gasteiger partial charge in [0.25, 0.3) is 0 Å². The molecule has 0 aliphatic heterocycles. The predicted octanol–water partition coefficient (Wildman–Crippen LogP) is 4.13. The monoisotopic (exact) mass is 289 g/mol. The molecule has 0 saturated heterocycles. The molecule has 108 valence electrons. The highest BCUT2D eigenvalue weighted by Crippen LogP contribution is 2.20. The van der Waals surface area contributed by atoms with Gasteiger partial charge in [-0.15, -0.1) is 0 Å². The Morgan fingerprint density at radius 3 is 2.86 bits per heavy atom. The van der Waals surface area contributed by atoms with E-state index in [0.29, 0.717) is 18.0 Å². The van der Waals surface area contributed by atoms with Crippen LogP contribution >= 0.6 is 0 Å². The van der Waals surface area contributed by atoms with Crippen LogP contribution in [-0.2, 0) is 6.54 Å². The van der Waals surface area contributed by atoms with Crippen LogP contribution in [0.1, 0.15) is 16.8 Å². The molecular weight excluding hydrogens is 274 g/mol. The van der Waals surface area contributed by atoms with Crippen LogP contribution in [0, 0.1) is 18.3 Å². The SMILES string of the molecule is Cc1cccc(-c2nc(CNc3cccc(C#N)c3)co2)c1. The van der Waals surface area contributed by atoms with Crippen molar-refractivity contribution in [2.24, 2.45) is 0 Å². The molecular formula is C18H15N3O. The van der Waals surface area contributed by atoms with Crippen molar-refractivity contribution in [3.8, 4) is 17.5 Å². The second-order valence-corrected chi connectivity index (χ2v) is 5.06. The van der Waals surface area contributed by atoms with Gasteiger partial charge < -0.3 is 9.73 Å². The van der Waals surface area contributed by atoms with Crippen molar-refractivity contribution in [3.63, 3.8) is 0 Å². The lowest BCUT2D eigenvalue weighted by Crippen LogP contribution is -1.99. The number of hydrogen-bond donors (Lipinski definition) is 1. The van der Waals surface area contributed by atoms with Gasteiger partial charge in [0.2, 0.25) is 5.89 Å². The highest BCUT2D eigenvalue weighted by atomic mass is 16.3. The van der Waals surface area contributed by atoms with Crippen LogP contribution in [-0.4, -0.2) is 4.98 Å². The number of nitrogens with zero attached hydrogens (tertiary/aromatic N) is 2. The Hall–Kier alpha value is -3.06. The summed E-state index contributed by atoms with van der Waals surface area (Å²) in [5, 5.41) is 12.1. The number of aromatic nitrogens is 1. The fourth-order valence-corrected chi connectivity index (χ4v) is 2.19. The van der Waals surface area contributed by atoms with E-state index in [2.05, 4.69) is 16.4 Å². The summed E-state index contributed by atoms with van der Waals surface area (Å²) in [6.07, 6.45) is 1.65. The summed E-state index contributed by atoms with van der Waals surface area (Å²) in [6, 6.07) is 17.5. The van der Waals surface area contributed by atoms with E-state index < -0.39 is 0 Å². The Morgan fingerprint density at radius 1 is 1.18 bits per heavy atom. The van der Waals surface area contributed by atoms with E-state index in [1.165, 1.54) is 5.56 Å². The lowest BCUT2D eigenvalue weighted by atomic mass is 10.1. The average Bonchev–Trinajstić information content (AvgIpc) is 3.02. The minimum absolute atomic E-state index is 0.546. The molecule has 0 spiro atoms. The molecule has 1 aromatic heterocycles. The number of anilines is 1. The first-order valence-corrected chi connectivity index (χ1v) is 7.00. The second kappa shape index (κ2) is 6.15. The fraction of sp³-hybridized carbons (Fsp3) is 0.111. The third kappa shape index (κ3) is 3.15. The van der Waals surface area contributed by atoms with Crippen molar-refractivity contribution in [3.05, 3.63) is 71.6 Å². The van der Waals surface area contributed by atoms with Gasteiger partial charge in [-0.3, -0.25) is 0 Å². The molecule has 4 nitrogen and oxygen atoms in total. The molecule has 1 heterocycles. The van der Waals surface area contributed by atoms with Gasteiger partial charge in [-0.25, -0.2) is 4.98 Å². The summed E-state index contributed by atoms with van der Waals surface area (Å²) in [5.41, 5.74) is 4.48. The largest absolute Gasteiger partial charge is 0.444 e. The van der Waals surface area contributed by atoms with Gasteiger partial charge in [-0.1, -0.05) is 23.8 Å². The van der Waals surface area contributed by atoms with Gasteiger partial charge >= 0.3 is 0 Å². The molecule has 0 unspecified atom stereocenters. The first-order chi connectivity index (χ1) is 10.7. The van der Waals surface area contributed by atoms with Crippen LogP contribution in [0.25, 0.3) is 11.5 Å². The summed E-state index contributed by atoms with van der Waals surface area (Å²) >= 11 is 0. The van der Waals surface area contributed by atoms with Crippen LogP contribution in [0.5, 0.6) is 0 Å². The van der Waals surface area contributed by atoms with Crippen LogP contribution in [0.3, 0.4) is 0 Å². The third-order valence-corrected chi connectivity index (χ3v) is 3.28.